The van der Waals surface area contributed by atoms with Gasteiger partial charge in [-0.25, -0.2) is 14.7 Å². The third kappa shape index (κ3) is 4.52. The second-order valence-corrected chi connectivity index (χ2v) is 9.80. The molecule has 190 valence electrons. The van der Waals surface area contributed by atoms with E-state index in [0.29, 0.717) is 17.3 Å². The number of benzene rings is 3. The maximum atomic E-state index is 14.0. The van der Waals surface area contributed by atoms with Gasteiger partial charge in [-0.3, -0.25) is 4.79 Å². The molecule has 1 unspecified atom stereocenters. The lowest BCUT2D eigenvalue weighted by Gasteiger charge is -2.26. The fraction of sp³-hybridized carbons (Fsp3) is 0.194. The molecular weight excluding hydrogens is 500 g/mol. The largest absolute Gasteiger partial charge is 0.493 e. The predicted octanol–water partition coefficient (Wildman–Crippen LogP) is 6.65. The summed E-state index contributed by atoms with van der Waals surface area (Å²) in [6.07, 6.45) is 1.19. The number of aromatic nitrogens is 1. The Kier molecular flexibility index (Phi) is 6.56. The second kappa shape index (κ2) is 10.3. The van der Waals surface area contributed by atoms with Crippen LogP contribution in [-0.2, 0) is 16.0 Å². The monoisotopic (exact) mass is 524 g/mol. The van der Waals surface area contributed by atoms with Crippen LogP contribution in [0.1, 0.15) is 52.3 Å². The van der Waals surface area contributed by atoms with E-state index in [0.717, 1.165) is 34.4 Å². The molecule has 1 aromatic heterocycles. The molecule has 0 aliphatic carbocycles. The molecule has 6 nitrogen and oxygen atoms in total. The smallest absolute Gasteiger partial charge is 0.417 e. The Morgan fingerprint density at radius 3 is 2.45 bits per heavy atom. The van der Waals surface area contributed by atoms with E-state index in [1.165, 1.54) is 4.90 Å². The van der Waals surface area contributed by atoms with Gasteiger partial charge < -0.3 is 9.47 Å². The summed E-state index contributed by atoms with van der Waals surface area (Å²) in [5.41, 5.74) is 4.37. The Hall–Kier alpha value is -4.16. The molecule has 0 N–H and O–H groups in total. The van der Waals surface area contributed by atoms with Crippen molar-refractivity contribution in [3.63, 3.8) is 0 Å². The Morgan fingerprint density at radius 2 is 1.71 bits per heavy atom. The van der Waals surface area contributed by atoms with Crippen molar-refractivity contribution in [1.29, 1.82) is 0 Å². The molecule has 4 aromatic rings. The fourth-order valence-corrected chi connectivity index (χ4v) is 5.59. The van der Waals surface area contributed by atoms with Crippen molar-refractivity contribution in [3.8, 4) is 5.75 Å². The molecule has 3 atom stereocenters. The van der Waals surface area contributed by atoms with Crippen LogP contribution in [0.15, 0.2) is 97.2 Å². The Bertz CT molecular complexity index is 1480. The van der Waals surface area contributed by atoms with Crippen molar-refractivity contribution < 1.29 is 19.1 Å². The molecule has 3 aromatic carbocycles. The van der Waals surface area contributed by atoms with Gasteiger partial charge >= 0.3 is 6.09 Å². The molecule has 2 aliphatic heterocycles. The minimum atomic E-state index is -0.661. The third-order valence-electron chi connectivity index (χ3n) is 7.19. The van der Waals surface area contributed by atoms with Gasteiger partial charge in [-0.05, 0) is 39.9 Å². The molecule has 38 heavy (non-hydrogen) atoms. The second-order valence-electron chi connectivity index (χ2n) is 9.44. The van der Waals surface area contributed by atoms with Crippen LogP contribution in [0.25, 0.3) is 0 Å². The van der Waals surface area contributed by atoms with Gasteiger partial charge in [0.1, 0.15) is 16.9 Å². The van der Waals surface area contributed by atoms with E-state index in [-0.39, 0.29) is 12.3 Å². The third-order valence-corrected chi connectivity index (χ3v) is 7.51. The number of ether oxygens (including phenoxy) is 2. The van der Waals surface area contributed by atoms with Gasteiger partial charge in [0.2, 0.25) is 5.91 Å². The quantitative estimate of drug-likeness (QED) is 0.264. The maximum absolute atomic E-state index is 14.0. The van der Waals surface area contributed by atoms with E-state index in [9.17, 15) is 9.59 Å². The number of hydrogen-bond acceptors (Lipinski definition) is 5. The highest BCUT2D eigenvalue weighted by molar-refractivity contribution is 6.30. The number of nitrogens with zero attached hydrogens (tertiary/aromatic N) is 2. The summed E-state index contributed by atoms with van der Waals surface area (Å²) < 4.78 is 11.6. The molecule has 2 amide bonds. The van der Waals surface area contributed by atoms with Crippen LogP contribution in [0.3, 0.4) is 0 Å². The van der Waals surface area contributed by atoms with E-state index in [2.05, 4.69) is 4.98 Å². The summed E-state index contributed by atoms with van der Waals surface area (Å²) in [5.74, 6) is 0.0265. The summed E-state index contributed by atoms with van der Waals surface area (Å²) in [7, 11) is 0. The normalized spacial score (nSPS) is 19.0. The average Bonchev–Trinajstić information content (AvgIpc) is 3.57. The van der Waals surface area contributed by atoms with E-state index in [1.807, 2.05) is 84.9 Å². The van der Waals surface area contributed by atoms with Gasteiger partial charge in [-0.2, -0.15) is 0 Å². The standard InChI is InChI=1S/C31H25ClN2O4/c32-30-24(12-7-16-33-30)25(23-14-13-20-15-17-37-26(20)18-23)19-27(35)34-28(21-8-3-1-4-9-21)29(38-31(34)36)22-10-5-2-6-11-22/h1-14,16,18,25,28-29H,15,17,19H2/t25?,28-,29+/m1/s1. The Balaban J connectivity index is 1.38. The molecule has 0 saturated carbocycles. The maximum Gasteiger partial charge on any atom is 0.417 e. The van der Waals surface area contributed by atoms with Gasteiger partial charge in [0, 0.05) is 25.0 Å². The number of amides is 2. The molecule has 7 heteroatoms. The van der Waals surface area contributed by atoms with Crippen molar-refractivity contribution in [2.45, 2.75) is 30.9 Å². The van der Waals surface area contributed by atoms with Crippen molar-refractivity contribution >= 4 is 23.6 Å². The molecule has 0 spiro atoms. The lowest BCUT2D eigenvalue weighted by Crippen LogP contribution is -2.35. The number of carbonyl (C=O) groups is 2. The zero-order chi connectivity index (χ0) is 26.1. The van der Waals surface area contributed by atoms with E-state index in [4.69, 9.17) is 21.1 Å². The summed E-state index contributed by atoms with van der Waals surface area (Å²) >= 11 is 6.53. The Morgan fingerprint density at radius 1 is 0.974 bits per heavy atom. The van der Waals surface area contributed by atoms with E-state index < -0.39 is 24.2 Å². The highest BCUT2D eigenvalue weighted by atomic mass is 35.5. The van der Waals surface area contributed by atoms with Gasteiger partial charge in [-0.1, -0.05) is 90.5 Å². The van der Waals surface area contributed by atoms with E-state index in [1.54, 1.807) is 12.3 Å². The van der Waals surface area contributed by atoms with E-state index >= 15 is 0 Å². The minimum absolute atomic E-state index is 0.00411. The fourth-order valence-electron chi connectivity index (χ4n) is 5.34. The first kappa shape index (κ1) is 24.2. The predicted molar refractivity (Wildman–Crippen MR) is 143 cm³/mol. The molecule has 3 heterocycles. The molecule has 0 radical (unpaired) electrons. The summed E-state index contributed by atoms with van der Waals surface area (Å²) in [5, 5.41) is 0.317. The number of hydrogen-bond donors (Lipinski definition) is 0. The van der Waals surface area contributed by atoms with Crippen molar-refractivity contribution in [1.82, 2.24) is 9.88 Å². The van der Waals surface area contributed by atoms with Crippen LogP contribution in [0, 0.1) is 0 Å². The van der Waals surface area contributed by atoms with Crippen molar-refractivity contribution in [3.05, 3.63) is 130 Å². The molecule has 0 bridgehead atoms. The number of rotatable bonds is 6. The van der Waals surface area contributed by atoms with Crippen LogP contribution >= 0.6 is 11.6 Å². The van der Waals surface area contributed by atoms with Gasteiger partial charge in [0.15, 0.2) is 6.10 Å². The van der Waals surface area contributed by atoms with Gasteiger partial charge in [0.05, 0.1) is 6.61 Å². The molecule has 2 aliphatic rings. The van der Waals surface area contributed by atoms with Crippen molar-refractivity contribution in [2.75, 3.05) is 6.61 Å². The topological polar surface area (TPSA) is 68.7 Å². The first-order valence-corrected chi connectivity index (χ1v) is 13.0. The summed E-state index contributed by atoms with van der Waals surface area (Å²) in [6.45, 7) is 0.634. The highest BCUT2D eigenvalue weighted by Crippen LogP contribution is 2.45. The van der Waals surface area contributed by atoms with Crippen LogP contribution in [0.5, 0.6) is 5.75 Å². The molecule has 1 saturated heterocycles. The van der Waals surface area contributed by atoms with Gasteiger partial charge in [-0.15, -0.1) is 0 Å². The number of imide groups is 1. The van der Waals surface area contributed by atoms with Crippen LogP contribution in [0.2, 0.25) is 5.15 Å². The Labute approximate surface area is 225 Å². The van der Waals surface area contributed by atoms with Crippen LogP contribution in [0.4, 0.5) is 4.79 Å². The first-order chi connectivity index (χ1) is 18.6. The van der Waals surface area contributed by atoms with Crippen LogP contribution in [-0.4, -0.2) is 28.5 Å². The molecule has 1 fully saturated rings. The molecule has 6 rings (SSSR count). The van der Waals surface area contributed by atoms with Gasteiger partial charge in [0.25, 0.3) is 0 Å². The lowest BCUT2D eigenvalue weighted by atomic mass is 9.87. The molecular formula is C31H25ClN2O4. The zero-order valence-electron chi connectivity index (χ0n) is 20.5. The summed E-state index contributed by atoms with van der Waals surface area (Å²) in [6, 6.07) is 28.1. The number of pyridine rings is 1. The lowest BCUT2D eigenvalue weighted by molar-refractivity contribution is -0.129. The number of cyclic esters (lactones) is 1. The highest BCUT2D eigenvalue weighted by Gasteiger charge is 2.47. The minimum Gasteiger partial charge on any atom is -0.493 e. The summed E-state index contributed by atoms with van der Waals surface area (Å²) in [4.78, 5) is 32.8. The number of carbonyl (C=O) groups excluding carboxylic acids is 2. The SMILES string of the molecule is O=C(CC(c1ccc2c(c1)OCC2)c1cccnc1Cl)N1C(=O)O[C@@H](c2ccccc2)[C@H]1c1ccccc1. The average molecular weight is 525 g/mol. The van der Waals surface area contributed by atoms with Crippen molar-refractivity contribution in [2.24, 2.45) is 0 Å². The first-order valence-electron chi connectivity index (χ1n) is 12.6. The number of halogens is 1. The number of fused-ring (bicyclic) bond motifs is 1. The zero-order valence-corrected chi connectivity index (χ0v) is 21.3. The van der Waals surface area contributed by atoms with Crippen LogP contribution < -0.4 is 4.74 Å².